The summed E-state index contributed by atoms with van der Waals surface area (Å²) in [6, 6.07) is 17.1. The van der Waals surface area contributed by atoms with E-state index in [4.69, 9.17) is 48.1 Å². The first-order chi connectivity index (χ1) is 24.7. The van der Waals surface area contributed by atoms with Gasteiger partial charge in [-0.15, -0.1) is 0 Å². The second-order valence-electron chi connectivity index (χ2n) is 12.6. The molecular weight excluding hydrogens is 642 g/mol. The summed E-state index contributed by atoms with van der Waals surface area (Å²) in [4.78, 5) is 0. The van der Waals surface area contributed by atoms with Crippen LogP contribution in [-0.2, 0) is 41.3 Å². The van der Waals surface area contributed by atoms with Gasteiger partial charge >= 0.3 is 0 Å². The topological polar surface area (TPSA) is 114 Å². The fraction of sp³-hybridized carbons (Fsp3) is 0.692. The standard InChI is InChI=1S/C39H64NO10/c41-20-22-43-24-26-45-28-30-47-32-34-49-38-12-8-36(9-13-38)6-4-18-40(16-2-1-3-17-40)19-5-7-37-10-14-39(15-11-37)50-35-33-48-31-29-46-27-25-44-23-21-42/h8-15,41-42H,1-7,16-35H2/q+1. The van der Waals surface area contributed by atoms with Gasteiger partial charge in [-0.25, -0.2) is 0 Å². The molecule has 0 spiro atoms. The van der Waals surface area contributed by atoms with Gasteiger partial charge in [0.05, 0.1) is 119 Å². The molecule has 0 aliphatic carbocycles. The second kappa shape index (κ2) is 28.3. The molecule has 0 unspecified atom stereocenters. The van der Waals surface area contributed by atoms with E-state index >= 15 is 0 Å². The van der Waals surface area contributed by atoms with E-state index < -0.39 is 0 Å². The molecule has 0 atom stereocenters. The molecule has 0 saturated carbocycles. The summed E-state index contributed by atoms with van der Waals surface area (Å²) in [7, 11) is 0. The predicted octanol–water partition coefficient (Wildman–Crippen LogP) is 4.09. The number of nitrogens with zero attached hydrogens (tertiary/aromatic N) is 1. The van der Waals surface area contributed by atoms with Gasteiger partial charge in [-0.1, -0.05) is 24.3 Å². The van der Waals surface area contributed by atoms with Gasteiger partial charge in [-0.05, 0) is 67.5 Å². The number of rotatable bonds is 32. The van der Waals surface area contributed by atoms with Crippen LogP contribution in [0.25, 0.3) is 0 Å². The van der Waals surface area contributed by atoms with E-state index in [-0.39, 0.29) is 13.2 Å². The Bertz CT molecular complexity index is 972. The number of likely N-dealkylation sites (tertiary alicyclic amines) is 1. The van der Waals surface area contributed by atoms with Crippen molar-refractivity contribution >= 4 is 0 Å². The first kappa shape index (κ1) is 42.1. The molecule has 0 amide bonds. The lowest BCUT2D eigenvalue weighted by Crippen LogP contribution is -2.52. The molecule has 3 rings (SSSR count). The number of aliphatic hydroxyl groups is 2. The van der Waals surface area contributed by atoms with E-state index in [2.05, 4.69) is 48.5 Å². The molecule has 0 aromatic heterocycles. The van der Waals surface area contributed by atoms with Crippen molar-refractivity contribution in [3.05, 3.63) is 59.7 Å². The summed E-state index contributed by atoms with van der Waals surface area (Å²) in [5.74, 6) is 1.75. The van der Waals surface area contributed by atoms with E-state index in [0.29, 0.717) is 92.5 Å². The average molecular weight is 707 g/mol. The van der Waals surface area contributed by atoms with Crippen LogP contribution in [-0.4, -0.2) is 147 Å². The van der Waals surface area contributed by atoms with E-state index in [9.17, 15) is 0 Å². The first-order valence-electron chi connectivity index (χ1n) is 18.7. The van der Waals surface area contributed by atoms with Crippen LogP contribution in [0.4, 0.5) is 0 Å². The minimum Gasteiger partial charge on any atom is -0.491 e. The highest BCUT2D eigenvalue weighted by Crippen LogP contribution is 2.23. The fourth-order valence-corrected chi connectivity index (χ4v) is 6.13. The quantitative estimate of drug-likeness (QED) is 0.0852. The Morgan fingerprint density at radius 2 is 0.760 bits per heavy atom. The van der Waals surface area contributed by atoms with Crippen LogP contribution in [0.5, 0.6) is 11.5 Å². The van der Waals surface area contributed by atoms with Crippen molar-refractivity contribution in [3.63, 3.8) is 0 Å². The highest BCUT2D eigenvalue weighted by atomic mass is 16.6. The number of quaternary nitrogens is 1. The molecule has 2 N–H and O–H groups in total. The van der Waals surface area contributed by atoms with Crippen molar-refractivity contribution in [2.24, 2.45) is 0 Å². The van der Waals surface area contributed by atoms with Gasteiger partial charge in [-0.2, -0.15) is 0 Å². The molecule has 2 aromatic rings. The molecule has 0 bridgehead atoms. The van der Waals surface area contributed by atoms with Crippen molar-refractivity contribution in [1.82, 2.24) is 0 Å². The monoisotopic (exact) mass is 706 g/mol. The van der Waals surface area contributed by atoms with Crippen LogP contribution in [0, 0.1) is 0 Å². The number of aryl methyl sites for hydroxylation is 2. The van der Waals surface area contributed by atoms with E-state index in [1.165, 1.54) is 73.9 Å². The molecule has 1 heterocycles. The molecule has 11 heteroatoms. The highest BCUT2D eigenvalue weighted by molar-refractivity contribution is 5.28. The Kier molecular flexibility index (Phi) is 23.8. The summed E-state index contributed by atoms with van der Waals surface area (Å²) >= 11 is 0. The Hall–Kier alpha value is -2.32. The maximum atomic E-state index is 8.67. The normalized spacial score (nSPS) is 14.2. The lowest BCUT2D eigenvalue weighted by atomic mass is 10.0. The third-order valence-corrected chi connectivity index (χ3v) is 8.76. The van der Waals surface area contributed by atoms with E-state index in [1.54, 1.807) is 0 Å². The summed E-state index contributed by atoms with van der Waals surface area (Å²) in [6.07, 6.45) is 8.63. The molecule has 0 radical (unpaired) electrons. The molecule has 1 aliphatic rings. The average Bonchev–Trinajstić information content (AvgIpc) is 3.14. The van der Waals surface area contributed by atoms with Gasteiger partial charge in [0.2, 0.25) is 0 Å². The predicted molar refractivity (Wildman–Crippen MR) is 193 cm³/mol. The zero-order chi connectivity index (χ0) is 35.2. The highest BCUT2D eigenvalue weighted by Gasteiger charge is 2.28. The number of piperidine rings is 1. The number of hydrogen-bond acceptors (Lipinski definition) is 10. The van der Waals surface area contributed by atoms with Crippen LogP contribution in [0.3, 0.4) is 0 Å². The van der Waals surface area contributed by atoms with Crippen molar-refractivity contribution in [2.45, 2.75) is 44.9 Å². The van der Waals surface area contributed by atoms with E-state index in [1.807, 2.05) is 0 Å². The van der Waals surface area contributed by atoms with Gasteiger partial charge < -0.3 is 52.6 Å². The molecule has 11 nitrogen and oxygen atoms in total. The number of benzene rings is 2. The third kappa shape index (κ3) is 19.9. The maximum absolute atomic E-state index is 8.67. The van der Waals surface area contributed by atoms with Crippen molar-refractivity contribution in [2.75, 3.05) is 132 Å². The zero-order valence-corrected chi connectivity index (χ0v) is 30.3. The summed E-state index contributed by atoms with van der Waals surface area (Å²) in [6.45, 7) is 12.0. The summed E-state index contributed by atoms with van der Waals surface area (Å²) < 4.78 is 45.2. The number of aliphatic hydroxyl groups excluding tert-OH is 2. The molecule has 50 heavy (non-hydrogen) atoms. The van der Waals surface area contributed by atoms with Crippen molar-refractivity contribution < 1.29 is 52.6 Å². The van der Waals surface area contributed by atoms with Crippen molar-refractivity contribution in [1.29, 1.82) is 0 Å². The third-order valence-electron chi connectivity index (χ3n) is 8.76. The lowest BCUT2D eigenvalue weighted by molar-refractivity contribution is -0.932. The molecule has 284 valence electrons. The first-order valence-corrected chi connectivity index (χ1v) is 18.7. The fourth-order valence-electron chi connectivity index (χ4n) is 6.13. The Balaban J connectivity index is 1.24. The smallest absolute Gasteiger partial charge is 0.119 e. The molecular formula is C39H64NO10+. The minimum absolute atomic E-state index is 0.0332. The number of hydrogen-bond donors (Lipinski definition) is 2. The molecule has 2 aromatic carbocycles. The van der Waals surface area contributed by atoms with Crippen LogP contribution < -0.4 is 9.47 Å². The van der Waals surface area contributed by atoms with Gasteiger partial charge in [-0.3, -0.25) is 0 Å². The van der Waals surface area contributed by atoms with Gasteiger partial charge in [0.25, 0.3) is 0 Å². The van der Waals surface area contributed by atoms with Crippen LogP contribution in [0.1, 0.15) is 43.2 Å². The summed E-state index contributed by atoms with van der Waals surface area (Å²) in [5.41, 5.74) is 2.73. The molecule has 1 fully saturated rings. The van der Waals surface area contributed by atoms with Gasteiger partial charge in [0.15, 0.2) is 0 Å². The Morgan fingerprint density at radius 1 is 0.420 bits per heavy atom. The molecule has 1 aliphatic heterocycles. The van der Waals surface area contributed by atoms with Gasteiger partial charge in [0, 0.05) is 12.8 Å². The largest absolute Gasteiger partial charge is 0.491 e. The van der Waals surface area contributed by atoms with Crippen LogP contribution in [0.15, 0.2) is 48.5 Å². The zero-order valence-electron chi connectivity index (χ0n) is 30.3. The summed E-state index contributed by atoms with van der Waals surface area (Å²) in [5, 5.41) is 17.3. The number of ether oxygens (including phenoxy) is 8. The van der Waals surface area contributed by atoms with Crippen LogP contribution in [0.2, 0.25) is 0 Å². The van der Waals surface area contributed by atoms with E-state index in [0.717, 1.165) is 24.3 Å². The van der Waals surface area contributed by atoms with Gasteiger partial charge in [0.1, 0.15) is 24.7 Å². The maximum Gasteiger partial charge on any atom is 0.119 e. The minimum atomic E-state index is 0.0332. The van der Waals surface area contributed by atoms with Crippen LogP contribution >= 0.6 is 0 Å². The molecule has 1 saturated heterocycles. The Labute approximate surface area is 300 Å². The second-order valence-corrected chi connectivity index (χ2v) is 12.6. The SMILES string of the molecule is OCCOCCOCCOCCOc1ccc(CCC[N+]2(CCCc3ccc(OCCOCCOCCOCCO)cc3)CCCCC2)cc1. The lowest BCUT2D eigenvalue weighted by Gasteiger charge is -2.42. The van der Waals surface area contributed by atoms with Crippen molar-refractivity contribution in [3.8, 4) is 11.5 Å². The Morgan fingerprint density at radius 3 is 1.12 bits per heavy atom.